The minimum Gasteiger partial charge on any atom is -0.466 e. The number of amides is 2. The van der Waals surface area contributed by atoms with Gasteiger partial charge in [-0.3, -0.25) is 14.4 Å². The Kier molecular flexibility index (Phi) is 10.1. The first-order valence-electron chi connectivity index (χ1n) is 14.0. The third-order valence-electron chi connectivity index (χ3n) is 7.58. The quantitative estimate of drug-likeness (QED) is 0.318. The Morgan fingerprint density at radius 1 is 1.05 bits per heavy atom. The van der Waals surface area contributed by atoms with Gasteiger partial charge in [0.1, 0.15) is 5.82 Å². The molecule has 1 saturated heterocycles. The van der Waals surface area contributed by atoms with E-state index in [9.17, 15) is 31.9 Å². The van der Waals surface area contributed by atoms with E-state index in [0.29, 0.717) is 48.9 Å². The molecule has 0 unspecified atom stereocenters. The number of anilines is 2. The van der Waals surface area contributed by atoms with Crippen LogP contribution in [0.2, 0.25) is 0 Å². The number of carbonyl (C=O) groups excluding carboxylic acids is 3. The van der Waals surface area contributed by atoms with Crippen molar-refractivity contribution in [1.82, 2.24) is 4.90 Å². The zero-order valence-electron chi connectivity index (χ0n) is 23.8. The first-order valence-corrected chi connectivity index (χ1v) is 14.0. The van der Waals surface area contributed by atoms with Gasteiger partial charge in [0.2, 0.25) is 5.91 Å². The van der Waals surface area contributed by atoms with Gasteiger partial charge in [-0.05, 0) is 67.5 Å². The van der Waals surface area contributed by atoms with Crippen LogP contribution in [0.1, 0.15) is 42.0 Å². The van der Waals surface area contributed by atoms with Crippen LogP contribution in [0.4, 0.5) is 28.9 Å². The molecular formula is C30H35F4N3O5. The van der Waals surface area contributed by atoms with Crippen LogP contribution in [0.3, 0.4) is 0 Å². The molecule has 2 aliphatic heterocycles. The molecule has 0 spiro atoms. The minimum atomic E-state index is -5.20. The summed E-state index contributed by atoms with van der Waals surface area (Å²) in [6.45, 7) is 5.83. The van der Waals surface area contributed by atoms with Gasteiger partial charge in [-0.2, -0.15) is 13.2 Å². The highest BCUT2D eigenvalue weighted by Crippen LogP contribution is 2.35. The second-order valence-corrected chi connectivity index (χ2v) is 10.3. The lowest BCUT2D eigenvalue weighted by molar-refractivity contribution is -0.170. The predicted molar refractivity (Wildman–Crippen MR) is 148 cm³/mol. The second-order valence-electron chi connectivity index (χ2n) is 10.3. The molecule has 2 aromatic rings. The molecular weight excluding hydrogens is 558 g/mol. The third kappa shape index (κ3) is 7.39. The maximum absolute atomic E-state index is 15.0. The van der Waals surface area contributed by atoms with E-state index >= 15 is 0 Å². The number of morpholine rings is 1. The van der Waals surface area contributed by atoms with Crippen molar-refractivity contribution in [3.05, 3.63) is 58.4 Å². The summed E-state index contributed by atoms with van der Waals surface area (Å²) in [4.78, 5) is 41.4. The normalized spacial score (nSPS) is 15.3. The van der Waals surface area contributed by atoms with Crippen molar-refractivity contribution in [2.75, 3.05) is 55.8 Å². The van der Waals surface area contributed by atoms with Gasteiger partial charge in [0.25, 0.3) is 0 Å². The monoisotopic (exact) mass is 593 g/mol. The summed E-state index contributed by atoms with van der Waals surface area (Å²) in [5.74, 6) is -3.52. The maximum atomic E-state index is 15.0. The van der Waals surface area contributed by atoms with Crippen LogP contribution in [0.25, 0.3) is 0 Å². The molecule has 228 valence electrons. The summed E-state index contributed by atoms with van der Waals surface area (Å²) in [5, 5.41) is 0. The van der Waals surface area contributed by atoms with Crippen molar-refractivity contribution in [3.63, 3.8) is 0 Å². The third-order valence-corrected chi connectivity index (χ3v) is 7.58. The van der Waals surface area contributed by atoms with Crippen LogP contribution in [0, 0.1) is 12.7 Å². The van der Waals surface area contributed by atoms with Gasteiger partial charge in [-0.25, -0.2) is 4.39 Å². The number of rotatable bonds is 9. The number of aryl methyl sites for hydroxylation is 2. The molecule has 2 aliphatic rings. The Morgan fingerprint density at radius 2 is 1.76 bits per heavy atom. The van der Waals surface area contributed by atoms with Crippen molar-refractivity contribution >= 4 is 29.2 Å². The number of halogens is 4. The number of carbonyl (C=O) groups is 3. The molecule has 1 fully saturated rings. The standard InChI is InChI=1S/C30H35F4N3O5/c1-3-42-27(39)11-9-21-8-10-24(17-25(21)31)37(29(40)30(32,33)34)18-23-7-6-22-5-4-12-36(28(22)20(23)2)19-26(38)35-13-15-41-16-14-35/h6-8,10,17H,3-5,9,11-16,18-19H2,1-2H3. The highest BCUT2D eigenvalue weighted by molar-refractivity contribution is 5.97. The summed E-state index contributed by atoms with van der Waals surface area (Å²) < 4.78 is 66.3. The number of hydrogen-bond donors (Lipinski definition) is 0. The Labute approximate surface area is 242 Å². The molecule has 2 aromatic carbocycles. The highest BCUT2D eigenvalue weighted by atomic mass is 19.4. The van der Waals surface area contributed by atoms with Gasteiger partial charge in [0.15, 0.2) is 0 Å². The van der Waals surface area contributed by atoms with E-state index in [0.717, 1.165) is 30.2 Å². The summed E-state index contributed by atoms with van der Waals surface area (Å²) in [6, 6.07) is 6.90. The maximum Gasteiger partial charge on any atom is 0.471 e. The SMILES string of the molecule is CCOC(=O)CCc1ccc(N(Cc2ccc3c(c2C)N(CC(=O)N2CCOCC2)CCC3)C(=O)C(F)(F)F)cc1F. The Balaban J connectivity index is 1.61. The molecule has 2 heterocycles. The van der Waals surface area contributed by atoms with E-state index in [1.54, 1.807) is 24.8 Å². The first-order chi connectivity index (χ1) is 20.0. The number of ether oxygens (including phenoxy) is 2. The average molecular weight is 594 g/mol. The number of esters is 1. The van der Waals surface area contributed by atoms with Crippen LogP contribution in [-0.2, 0) is 43.2 Å². The molecule has 0 atom stereocenters. The van der Waals surface area contributed by atoms with Gasteiger partial charge in [-0.1, -0.05) is 18.2 Å². The van der Waals surface area contributed by atoms with Gasteiger partial charge in [-0.15, -0.1) is 0 Å². The molecule has 0 bridgehead atoms. The second kappa shape index (κ2) is 13.5. The Morgan fingerprint density at radius 3 is 2.43 bits per heavy atom. The first kappa shape index (κ1) is 31.3. The van der Waals surface area contributed by atoms with E-state index in [-0.39, 0.29) is 43.2 Å². The molecule has 42 heavy (non-hydrogen) atoms. The largest absolute Gasteiger partial charge is 0.471 e. The number of nitrogens with zero attached hydrogens (tertiary/aromatic N) is 3. The van der Waals surface area contributed by atoms with Crippen LogP contribution < -0.4 is 9.80 Å². The van der Waals surface area contributed by atoms with E-state index in [1.165, 1.54) is 12.1 Å². The number of benzene rings is 2. The van der Waals surface area contributed by atoms with Crippen molar-refractivity contribution in [2.45, 2.75) is 52.3 Å². The van der Waals surface area contributed by atoms with Crippen molar-refractivity contribution < 1.29 is 41.4 Å². The lowest BCUT2D eigenvalue weighted by Crippen LogP contribution is -2.47. The van der Waals surface area contributed by atoms with Crippen LogP contribution in [-0.4, -0.2) is 74.9 Å². The Bertz CT molecular complexity index is 1310. The van der Waals surface area contributed by atoms with Gasteiger partial charge in [0, 0.05) is 37.4 Å². The number of fused-ring (bicyclic) bond motifs is 1. The fraction of sp³-hybridized carbons (Fsp3) is 0.500. The topological polar surface area (TPSA) is 79.4 Å². The van der Waals surface area contributed by atoms with E-state index in [4.69, 9.17) is 9.47 Å². The van der Waals surface area contributed by atoms with Crippen LogP contribution in [0.15, 0.2) is 30.3 Å². The molecule has 2 amide bonds. The molecule has 4 rings (SSSR count). The lowest BCUT2D eigenvalue weighted by Gasteiger charge is -2.36. The Hall–Kier alpha value is -3.67. The van der Waals surface area contributed by atoms with E-state index < -0.39 is 30.4 Å². The highest BCUT2D eigenvalue weighted by Gasteiger charge is 2.43. The van der Waals surface area contributed by atoms with Gasteiger partial charge >= 0.3 is 18.1 Å². The molecule has 0 aromatic heterocycles. The van der Waals surface area contributed by atoms with Crippen molar-refractivity contribution in [2.24, 2.45) is 0 Å². The zero-order chi connectivity index (χ0) is 30.4. The summed E-state index contributed by atoms with van der Waals surface area (Å²) in [6.07, 6.45) is -3.71. The zero-order valence-corrected chi connectivity index (χ0v) is 23.8. The molecule has 0 aliphatic carbocycles. The molecule has 0 N–H and O–H groups in total. The number of hydrogen-bond acceptors (Lipinski definition) is 6. The van der Waals surface area contributed by atoms with Gasteiger partial charge < -0.3 is 24.2 Å². The molecule has 12 heteroatoms. The average Bonchev–Trinajstić information content (AvgIpc) is 2.96. The summed E-state index contributed by atoms with van der Waals surface area (Å²) >= 11 is 0. The number of alkyl halides is 3. The predicted octanol–water partition coefficient (Wildman–Crippen LogP) is 4.34. The van der Waals surface area contributed by atoms with Crippen molar-refractivity contribution in [1.29, 1.82) is 0 Å². The van der Waals surface area contributed by atoms with Gasteiger partial charge in [0.05, 0.1) is 32.9 Å². The van der Waals surface area contributed by atoms with E-state index in [2.05, 4.69) is 0 Å². The minimum absolute atomic E-state index is 0.00109. The van der Waals surface area contributed by atoms with Crippen molar-refractivity contribution in [3.8, 4) is 0 Å². The summed E-state index contributed by atoms with van der Waals surface area (Å²) in [7, 11) is 0. The lowest BCUT2D eigenvalue weighted by atomic mass is 9.94. The fourth-order valence-electron chi connectivity index (χ4n) is 5.40. The summed E-state index contributed by atoms with van der Waals surface area (Å²) in [5.41, 5.74) is 2.73. The molecule has 0 saturated carbocycles. The smallest absolute Gasteiger partial charge is 0.466 e. The molecule has 8 nitrogen and oxygen atoms in total. The van der Waals surface area contributed by atoms with Crippen LogP contribution >= 0.6 is 0 Å². The van der Waals surface area contributed by atoms with Crippen LogP contribution in [0.5, 0.6) is 0 Å². The fourth-order valence-corrected chi connectivity index (χ4v) is 5.40. The van der Waals surface area contributed by atoms with E-state index in [1.807, 2.05) is 11.0 Å². The molecule has 0 radical (unpaired) electrons.